The topological polar surface area (TPSA) is 125 Å². The molecule has 0 bridgehead atoms. The van der Waals surface area contributed by atoms with E-state index in [2.05, 4.69) is 9.84 Å². The molecular formula is C14H24FN2O5P. The van der Waals surface area contributed by atoms with E-state index in [4.69, 9.17) is 20.4 Å². The third kappa shape index (κ3) is 7.67. The summed E-state index contributed by atoms with van der Waals surface area (Å²) >= 11 is 0. The van der Waals surface area contributed by atoms with Crippen LogP contribution in [0.2, 0.25) is 0 Å². The summed E-state index contributed by atoms with van der Waals surface area (Å²) in [6.45, 7) is 0.965. The van der Waals surface area contributed by atoms with Crippen molar-refractivity contribution in [3.63, 3.8) is 0 Å². The van der Waals surface area contributed by atoms with Gasteiger partial charge in [-0.05, 0) is 0 Å². The number of alkyl halides is 1. The maximum absolute atomic E-state index is 14.3. The summed E-state index contributed by atoms with van der Waals surface area (Å²) < 4.78 is 18.8. The van der Waals surface area contributed by atoms with Gasteiger partial charge in [0.1, 0.15) is 0 Å². The number of nitrogens with one attached hydrogen (secondary N) is 1. The maximum atomic E-state index is 14.3. The first-order chi connectivity index (χ1) is 10.8. The van der Waals surface area contributed by atoms with Crippen LogP contribution in [-0.4, -0.2) is 33.7 Å². The Balaban J connectivity index is 2.56. The van der Waals surface area contributed by atoms with Crippen molar-refractivity contribution in [2.75, 3.05) is 13.1 Å². The van der Waals surface area contributed by atoms with Crippen molar-refractivity contribution in [2.24, 2.45) is 5.73 Å². The SMILES string of the molecule is NCCCCCCNC(=O)C(F)c1ccccc1O[PH](O)(O)O. The van der Waals surface area contributed by atoms with Crippen LogP contribution in [0.25, 0.3) is 0 Å². The molecule has 0 spiro atoms. The van der Waals surface area contributed by atoms with Crippen molar-refractivity contribution >= 4 is 14.1 Å². The molecule has 7 nitrogen and oxygen atoms in total. The number of hydrogen-bond donors (Lipinski definition) is 5. The van der Waals surface area contributed by atoms with Gasteiger partial charge in [0.25, 0.3) is 0 Å². The number of para-hydroxylation sites is 1. The molecule has 0 aliphatic heterocycles. The number of benzene rings is 1. The Labute approximate surface area is 134 Å². The molecule has 0 fully saturated rings. The number of hydrogen-bond acceptors (Lipinski definition) is 6. The van der Waals surface area contributed by atoms with Crippen LogP contribution in [0, 0.1) is 0 Å². The molecule has 0 saturated carbocycles. The Kier molecular flexibility index (Phi) is 8.36. The third-order valence-corrected chi connectivity index (χ3v) is 3.59. The quantitative estimate of drug-likeness (QED) is 0.318. The Bertz CT molecular complexity index is 498. The summed E-state index contributed by atoms with van der Waals surface area (Å²) in [5.41, 5.74) is 5.19. The molecule has 0 aromatic heterocycles. The Morgan fingerprint density at radius 1 is 1.22 bits per heavy atom. The zero-order chi connectivity index (χ0) is 17.3. The molecule has 1 rings (SSSR count). The standard InChI is InChI=1S/C14H24FN2O5P/c15-13(14(18)17-10-6-2-1-5-9-16)11-7-3-4-8-12(11)22-23(19,20)21/h3-4,7-8,13,19-21,23H,1-2,5-6,9-10,16H2,(H,17,18). The zero-order valence-corrected chi connectivity index (χ0v) is 13.7. The Morgan fingerprint density at radius 3 is 2.52 bits per heavy atom. The fourth-order valence-corrected chi connectivity index (χ4v) is 2.48. The predicted octanol–water partition coefficient (Wildman–Crippen LogP) is 1.10. The van der Waals surface area contributed by atoms with Gasteiger partial charge in [-0.25, -0.2) is 0 Å². The normalized spacial score (nSPS) is 13.4. The van der Waals surface area contributed by atoms with Gasteiger partial charge in [0.2, 0.25) is 0 Å². The van der Waals surface area contributed by atoms with Crippen LogP contribution >= 0.6 is 8.17 Å². The van der Waals surface area contributed by atoms with Gasteiger partial charge >= 0.3 is 128 Å². The fraction of sp³-hybridized carbons (Fsp3) is 0.500. The molecule has 1 aromatic rings. The molecule has 23 heavy (non-hydrogen) atoms. The second-order valence-electron chi connectivity index (χ2n) is 5.07. The first-order valence-corrected chi connectivity index (χ1v) is 9.17. The predicted molar refractivity (Wildman–Crippen MR) is 86.4 cm³/mol. The van der Waals surface area contributed by atoms with Crippen LogP contribution in [0.1, 0.15) is 37.4 Å². The van der Waals surface area contributed by atoms with E-state index in [1.807, 2.05) is 0 Å². The van der Waals surface area contributed by atoms with Gasteiger partial charge in [-0.2, -0.15) is 0 Å². The zero-order valence-electron chi connectivity index (χ0n) is 12.7. The van der Waals surface area contributed by atoms with Gasteiger partial charge in [0.05, 0.1) is 0 Å². The van der Waals surface area contributed by atoms with Gasteiger partial charge in [-0.1, -0.05) is 0 Å². The molecule has 0 saturated heterocycles. The number of amides is 1. The monoisotopic (exact) mass is 350 g/mol. The first kappa shape index (κ1) is 19.7. The van der Waals surface area contributed by atoms with Crippen molar-refractivity contribution in [2.45, 2.75) is 31.9 Å². The summed E-state index contributed by atoms with van der Waals surface area (Å²) in [7, 11) is -4.86. The van der Waals surface area contributed by atoms with E-state index in [1.54, 1.807) is 0 Å². The average Bonchev–Trinajstić information content (AvgIpc) is 2.49. The van der Waals surface area contributed by atoms with E-state index in [-0.39, 0.29) is 11.3 Å². The van der Waals surface area contributed by atoms with E-state index in [0.717, 1.165) is 25.7 Å². The van der Waals surface area contributed by atoms with Gasteiger partial charge in [-0.15, -0.1) is 0 Å². The first-order valence-electron chi connectivity index (χ1n) is 7.42. The summed E-state index contributed by atoms with van der Waals surface area (Å²) in [6.07, 6.45) is 1.45. The van der Waals surface area contributed by atoms with E-state index >= 15 is 0 Å². The number of carbonyl (C=O) groups is 1. The fourth-order valence-electron chi connectivity index (χ4n) is 2.00. The average molecular weight is 350 g/mol. The van der Waals surface area contributed by atoms with Crippen LogP contribution < -0.4 is 15.6 Å². The van der Waals surface area contributed by atoms with Gasteiger partial charge < -0.3 is 5.73 Å². The van der Waals surface area contributed by atoms with Crippen molar-refractivity contribution in [1.29, 1.82) is 0 Å². The molecule has 1 aromatic carbocycles. The van der Waals surface area contributed by atoms with Crippen LogP contribution in [0.5, 0.6) is 5.75 Å². The third-order valence-electron chi connectivity index (χ3n) is 3.10. The van der Waals surface area contributed by atoms with Crippen LogP contribution in [0.3, 0.4) is 0 Å². The van der Waals surface area contributed by atoms with Crippen molar-refractivity contribution in [3.8, 4) is 5.75 Å². The van der Waals surface area contributed by atoms with E-state index < -0.39 is 20.2 Å². The van der Waals surface area contributed by atoms with Crippen LogP contribution in [-0.2, 0) is 4.79 Å². The van der Waals surface area contributed by atoms with E-state index in [1.165, 1.54) is 24.3 Å². The Hall–Kier alpha value is -1.31. The van der Waals surface area contributed by atoms with Crippen LogP contribution in [0.4, 0.5) is 4.39 Å². The van der Waals surface area contributed by atoms with Gasteiger partial charge in [0.15, 0.2) is 0 Å². The van der Waals surface area contributed by atoms with Crippen molar-refractivity contribution < 1.29 is 28.4 Å². The number of unbranched alkanes of at least 4 members (excludes halogenated alkanes) is 3. The second kappa shape index (κ2) is 9.75. The van der Waals surface area contributed by atoms with E-state index in [9.17, 15) is 9.18 Å². The summed E-state index contributed by atoms with van der Waals surface area (Å²) in [5, 5.41) is 2.47. The van der Waals surface area contributed by atoms with Crippen molar-refractivity contribution in [3.05, 3.63) is 29.8 Å². The second-order valence-corrected chi connectivity index (χ2v) is 6.42. The molecule has 0 radical (unpaired) electrons. The molecule has 6 N–H and O–H groups in total. The van der Waals surface area contributed by atoms with Gasteiger partial charge in [-0.3, -0.25) is 0 Å². The number of nitrogens with two attached hydrogens (primary N) is 1. The number of carbonyl (C=O) groups excluding carboxylic acids is 1. The van der Waals surface area contributed by atoms with Crippen LogP contribution in [0.15, 0.2) is 24.3 Å². The van der Waals surface area contributed by atoms with E-state index in [0.29, 0.717) is 13.1 Å². The van der Waals surface area contributed by atoms with Crippen molar-refractivity contribution in [1.82, 2.24) is 5.32 Å². The number of rotatable bonds is 10. The minimum absolute atomic E-state index is 0.179. The van der Waals surface area contributed by atoms with Gasteiger partial charge in [0, 0.05) is 0 Å². The Morgan fingerprint density at radius 2 is 1.87 bits per heavy atom. The molecule has 132 valence electrons. The molecule has 0 heterocycles. The molecule has 0 aliphatic carbocycles. The summed E-state index contributed by atoms with van der Waals surface area (Å²) in [4.78, 5) is 38.7. The summed E-state index contributed by atoms with van der Waals surface area (Å²) in [5.74, 6) is -1.13. The molecule has 1 unspecified atom stereocenters. The molecule has 1 atom stereocenters. The minimum atomic E-state index is -4.86. The number of halogens is 1. The molecule has 9 heteroatoms. The molecule has 1 amide bonds. The molecule has 0 aliphatic rings. The molecular weight excluding hydrogens is 326 g/mol. The summed E-state index contributed by atoms with van der Waals surface area (Å²) in [6, 6.07) is 5.46.